The number of carbonyl (C=O) groups is 2. The maximum absolute atomic E-state index is 12.9. The van der Waals surface area contributed by atoms with Crippen LogP contribution in [0, 0.1) is 0 Å². The number of ether oxygens (including phenoxy) is 1. The van der Waals surface area contributed by atoms with Crippen LogP contribution in [0.2, 0.25) is 0 Å². The fourth-order valence-electron chi connectivity index (χ4n) is 3.76. The summed E-state index contributed by atoms with van der Waals surface area (Å²) in [5, 5.41) is 0. The van der Waals surface area contributed by atoms with Gasteiger partial charge in [-0.25, -0.2) is 9.59 Å². The van der Waals surface area contributed by atoms with Crippen LogP contribution < -0.4 is 0 Å². The minimum atomic E-state index is -0.318. The maximum atomic E-state index is 12.9. The lowest BCUT2D eigenvalue weighted by molar-refractivity contribution is 0.0140. The van der Waals surface area contributed by atoms with Crippen molar-refractivity contribution in [3.05, 3.63) is 35.9 Å². The number of carbonyl (C=O) groups excluding carboxylic acids is 2. The predicted octanol–water partition coefficient (Wildman–Crippen LogP) is 2.08. The minimum Gasteiger partial charge on any atom is -0.445 e. The summed E-state index contributed by atoms with van der Waals surface area (Å²) in [6.07, 6.45) is -0.318. The fraction of sp³-hybridized carbons (Fsp3) is 0.600. The van der Waals surface area contributed by atoms with E-state index in [4.69, 9.17) is 4.74 Å². The molecular formula is C20H30N4O3. The number of likely N-dealkylation sites (tertiary alicyclic amines) is 1. The highest BCUT2D eigenvalue weighted by atomic mass is 16.6. The van der Waals surface area contributed by atoms with Crippen molar-refractivity contribution < 1.29 is 14.3 Å². The zero-order valence-electron chi connectivity index (χ0n) is 16.7. The lowest BCUT2D eigenvalue weighted by atomic mass is 10.1. The van der Waals surface area contributed by atoms with Crippen LogP contribution in [0.15, 0.2) is 30.3 Å². The first-order valence-corrected chi connectivity index (χ1v) is 9.56. The van der Waals surface area contributed by atoms with E-state index in [9.17, 15) is 9.59 Å². The molecule has 0 radical (unpaired) electrons. The molecule has 148 valence electrons. The van der Waals surface area contributed by atoms with E-state index in [2.05, 4.69) is 4.90 Å². The Hall–Kier alpha value is -2.28. The van der Waals surface area contributed by atoms with Crippen molar-refractivity contribution >= 4 is 12.1 Å². The predicted molar refractivity (Wildman–Crippen MR) is 103 cm³/mol. The molecule has 1 aromatic rings. The Bertz CT molecular complexity index is 648. The van der Waals surface area contributed by atoms with Crippen molar-refractivity contribution in [1.29, 1.82) is 0 Å². The molecule has 0 saturated carbocycles. The average Bonchev–Trinajstić information content (AvgIpc) is 2.58. The molecule has 2 fully saturated rings. The van der Waals surface area contributed by atoms with Gasteiger partial charge in [0.05, 0.1) is 0 Å². The molecule has 2 saturated heterocycles. The lowest BCUT2D eigenvalue weighted by Crippen LogP contribution is -2.67. The van der Waals surface area contributed by atoms with E-state index < -0.39 is 0 Å². The molecule has 0 N–H and O–H groups in total. The molecule has 7 heteroatoms. The summed E-state index contributed by atoms with van der Waals surface area (Å²) in [5.41, 5.74) is 0.967. The van der Waals surface area contributed by atoms with Gasteiger partial charge in [-0.15, -0.1) is 0 Å². The van der Waals surface area contributed by atoms with E-state index in [0.717, 1.165) is 18.7 Å². The zero-order valence-corrected chi connectivity index (χ0v) is 16.7. The van der Waals surface area contributed by atoms with Crippen LogP contribution in [-0.2, 0) is 11.3 Å². The first kappa shape index (κ1) is 19.5. The largest absolute Gasteiger partial charge is 0.445 e. The van der Waals surface area contributed by atoms with Crippen molar-refractivity contribution in [2.75, 3.05) is 40.3 Å². The van der Waals surface area contributed by atoms with Gasteiger partial charge in [0.1, 0.15) is 6.61 Å². The first-order chi connectivity index (χ1) is 12.9. The molecule has 0 unspecified atom stereocenters. The van der Waals surface area contributed by atoms with Crippen molar-refractivity contribution in [3.8, 4) is 0 Å². The number of benzene rings is 1. The first-order valence-electron chi connectivity index (χ1n) is 9.56. The van der Waals surface area contributed by atoms with Crippen LogP contribution in [0.1, 0.15) is 19.4 Å². The Morgan fingerprint density at radius 1 is 1.00 bits per heavy atom. The molecule has 7 nitrogen and oxygen atoms in total. The highest BCUT2D eigenvalue weighted by Crippen LogP contribution is 2.22. The average molecular weight is 374 g/mol. The van der Waals surface area contributed by atoms with Gasteiger partial charge in [0.25, 0.3) is 0 Å². The maximum Gasteiger partial charge on any atom is 0.410 e. The minimum absolute atomic E-state index is 0.0380. The number of rotatable bonds is 3. The molecule has 3 amide bonds. The fourth-order valence-corrected chi connectivity index (χ4v) is 3.76. The Kier molecular flexibility index (Phi) is 5.89. The van der Waals surface area contributed by atoms with Gasteiger partial charge in [0.2, 0.25) is 0 Å². The van der Waals surface area contributed by atoms with Crippen molar-refractivity contribution in [2.45, 2.75) is 38.6 Å². The van der Waals surface area contributed by atoms with E-state index in [1.165, 1.54) is 0 Å². The van der Waals surface area contributed by atoms with Crippen LogP contribution >= 0.6 is 0 Å². The number of hydrogen-bond donors (Lipinski definition) is 0. The Morgan fingerprint density at radius 3 is 2.15 bits per heavy atom. The summed E-state index contributed by atoms with van der Waals surface area (Å²) in [5.74, 6) is 0. The number of urea groups is 1. The molecule has 0 aromatic heterocycles. The number of nitrogens with zero attached hydrogens (tertiary/aromatic N) is 4. The highest BCUT2D eigenvalue weighted by Gasteiger charge is 2.41. The summed E-state index contributed by atoms with van der Waals surface area (Å²) < 4.78 is 5.45. The van der Waals surface area contributed by atoms with Crippen LogP contribution in [0.5, 0.6) is 0 Å². The molecule has 2 heterocycles. The SMILES string of the molecule is C[C@H]1CN(C(=O)OCc2ccccc2)C[C@H](C)N1C(=O)N1CC(N(C)C)C1. The molecule has 27 heavy (non-hydrogen) atoms. The van der Waals surface area contributed by atoms with E-state index in [1.54, 1.807) is 4.90 Å². The third-order valence-corrected chi connectivity index (χ3v) is 5.47. The monoisotopic (exact) mass is 374 g/mol. The zero-order chi connectivity index (χ0) is 19.6. The number of hydrogen-bond acceptors (Lipinski definition) is 4. The van der Waals surface area contributed by atoms with Gasteiger partial charge in [0, 0.05) is 44.3 Å². The third kappa shape index (κ3) is 4.35. The summed E-state index contributed by atoms with van der Waals surface area (Å²) in [4.78, 5) is 33.0. The van der Waals surface area contributed by atoms with Crippen LogP contribution in [-0.4, -0.2) is 90.1 Å². The summed E-state index contributed by atoms with van der Waals surface area (Å²) in [7, 11) is 4.08. The van der Waals surface area contributed by atoms with Gasteiger partial charge in [-0.2, -0.15) is 0 Å². The van der Waals surface area contributed by atoms with Gasteiger partial charge >= 0.3 is 12.1 Å². The normalized spacial score (nSPS) is 23.4. The van der Waals surface area contributed by atoms with Crippen molar-refractivity contribution in [1.82, 2.24) is 19.6 Å². The van der Waals surface area contributed by atoms with E-state index in [1.807, 2.05) is 68.1 Å². The van der Waals surface area contributed by atoms with Crippen LogP contribution in [0.4, 0.5) is 9.59 Å². The summed E-state index contributed by atoms with van der Waals surface area (Å²) in [6, 6.07) is 10.1. The van der Waals surface area contributed by atoms with Gasteiger partial charge in [-0.05, 0) is 33.5 Å². The van der Waals surface area contributed by atoms with Crippen molar-refractivity contribution in [2.24, 2.45) is 0 Å². The summed E-state index contributed by atoms with van der Waals surface area (Å²) in [6.45, 7) is 6.78. The molecule has 0 spiro atoms. The lowest BCUT2D eigenvalue weighted by Gasteiger charge is -2.49. The summed E-state index contributed by atoms with van der Waals surface area (Å²) >= 11 is 0. The van der Waals surface area contributed by atoms with E-state index >= 15 is 0 Å². The van der Waals surface area contributed by atoms with Crippen molar-refractivity contribution in [3.63, 3.8) is 0 Å². The Balaban J connectivity index is 1.52. The van der Waals surface area contributed by atoms with Gasteiger partial charge in [-0.1, -0.05) is 30.3 Å². The molecule has 1 aromatic carbocycles. The van der Waals surface area contributed by atoms with E-state index in [0.29, 0.717) is 19.1 Å². The second kappa shape index (κ2) is 8.17. The van der Waals surface area contributed by atoms with Gasteiger partial charge in [0.15, 0.2) is 0 Å². The Labute approximate surface area is 161 Å². The van der Waals surface area contributed by atoms with Gasteiger partial charge < -0.3 is 24.3 Å². The molecule has 2 atom stereocenters. The number of likely N-dealkylation sites (N-methyl/N-ethyl adjacent to an activating group) is 1. The number of piperazine rings is 1. The Morgan fingerprint density at radius 2 is 1.59 bits per heavy atom. The second-order valence-corrected chi connectivity index (χ2v) is 7.86. The third-order valence-electron chi connectivity index (χ3n) is 5.47. The quantitative estimate of drug-likeness (QED) is 0.813. The molecule has 2 aliphatic heterocycles. The molecule has 2 aliphatic rings. The molecular weight excluding hydrogens is 344 g/mol. The number of amides is 3. The van der Waals surface area contributed by atoms with Crippen LogP contribution in [0.3, 0.4) is 0 Å². The highest BCUT2D eigenvalue weighted by molar-refractivity contribution is 5.77. The topological polar surface area (TPSA) is 56.3 Å². The van der Waals surface area contributed by atoms with Crippen LogP contribution in [0.25, 0.3) is 0 Å². The molecule has 0 bridgehead atoms. The van der Waals surface area contributed by atoms with E-state index in [-0.39, 0.29) is 30.8 Å². The smallest absolute Gasteiger partial charge is 0.410 e. The molecule has 3 rings (SSSR count). The molecule has 0 aliphatic carbocycles. The second-order valence-electron chi connectivity index (χ2n) is 7.86. The van der Waals surface area contributed by atoms with Gasteiger partial charge in [-0.3, -0.25) is 0 Å². The standard InChI is InChI=1S/C20H30N4O3/c1-15-10-23(20(26)27-14-17-8-6-5-7-9-17)11-16(2)24(15)19(25)22-12-18(13-22)21(3)4/h5-9,15-16,18H,10-14H2,1-4H3/t15-,16-/m0/s1.